The van der Waals surface area contributed by atoms with Crippen LogP contribution in [0.15, 0.2) is 58.4 Å². The second-order valence-corrected chi connectivity index (χ2v) is 11.6. The van der Waals surface area contributed by atoms with Gasteiger partial charge < -0.3 is 14.2 Å². The highest BCUT2D eigenvalue weighted by Crippen LogP contribution is 2.38. The van der Waals surface area contributed by atoms with Gasteiger partial charge in [-0.15, -0.1) is 10.2 Å². The molecule has 2 aromatic heterocycles. The fourth-order valence-corrected chi connectivity index (χ4v) is 4.99. The lowest BCUT2D eigenvalue weighted by molar-refractivity contribution is -0.122. The summed E-state index contributed by atoms with van der Waals surface area (Å²) in [5.41, 5.74) is 2.63. The number of allylic oxidation sites excluding steroid dienone is 1. The summed E-state index contributed by atoms with van der Waals surface area (Å²) >= 11 is 0. The summed E-state index contributed by atoms with van der Waals surface area (Å²) in [5.74, 6) is 0.568. The van der Waals surface area contributed by atoms with Crippen LogP contribution >= 0.6 is 0 Å². The van der Waals surface area contributed by atoms with Crippen molar-refractivity contribution in [2.45, 2.75) is 46.0 Å². The first kappa shape index (κ1) is 32.1. The van der Waals surface area contributed by atoms with Gasteiger partial charge >= 0.3 is 0 Å². The lowest BCUT2D eigenvalue weighted by atomic mass is 10.2. The van der Waals surface area contributed by atoms with Crippen LogP contribution in [0.25, 0.3) is 17.1 Å². The van der Waals surface area contributed by atoms with Gasteiger partial charge in [-0.2, -0.15) is 0 Å². The van der Waals surface area contributed by atoms with E-state index in [4.69, 9.17) is 14.2 Å². The molecule has 0 aliphatic rings. The Bertz CT molecular complexity index is 1590. The van der Waals surface area contributed by atoms with E-state index in [1.54, 1.807) is 30.6 Å². The number of nitrogens with zero attached hydrogens (tertiary/aromatic N) is 6. The number of aryl methyl sites for hydroxylation is 1. The van der Waals surface area contributed by atoms with Crippen molar-refractivity contribution in [1.82, 2.24) is 19.7 Å². The summed E-state index contributed by atoms with van der Waals surface area (Å²) in [6, 6.07) is 6.97. The zero-order valence-corrected chi connectivity index (χ0v) is 25.5. The Morgan fingerprint density at radius 3 is 2.36 bits per heavy atom. The number of carbonyl (C=O) groups is 1. The summed E-state index contributed by atoms with van der Waals surface area (Å²) in [6.45, 7) is 11.4. The van der Waals surface area contributed by atoms with Crippen molar-refractivity contribution in [2.75, 3.05) is 25.5 Å². The number of rotatable bonds is 13. The Labute approximate surface area is 245 Å². The van der Waals surface area contributed by atoms with Crippen LogP contribution in [0, 0.1) is 6.92 Å². The van der Waals surface area contributed by atoms with Gasteiger partial charge in [0, 0.05) is 24.2 Å². The van der Waals surface area contributed by atoms with Crippen molar-refractivity contribution in [3.05, 3.63) is 54.0 Å². The molecule has 2 atom stereocenters. The summed E-state index contributed by atoms with van der Waals surface area (Å²) in [7, 11) is -1.33. The molecule has 0 saturated carbocycles. The number of aliphatic imine (C=N–C) groups is 2. The van der Waals surface area contributed by atoms with E-state index in [1.165, 1.54) is 38.8 Å². The molecule has 13 nitrogen and oxygen atoms in total. The normalized spacial score (nSPS) is 13.2. The standard InChI is InChI=1S/C28H35N7O6S/c1-17(2)13-31-26(29-6)25(41-16-19(4)36)20(5)42(37,38)34-28-33-32-27(21-12-18(3)14-30-15-21)35(28)24-22(39-7)10-9-11-23(24)40-8/h9-15,20,25H,6,16H2,1-5,7-8H3,(H,33,34)/b31-26-/t20-,25-/m0/s1. The van der Waals surface area contributed by atoms with Gasteiger partial charge in [-0.1, -0.05) is 11.6 Å². The van der Waals surface area contributed by atoms with Gasteiger partial charge in [0.15, 0.2) is 17.4 Å². The first-order valence-corrected chi connectivity index (χ1v) is 14.4. The van der Waals surface area contributed by atoms with Crippen molar-refractivity contribution in [1.29, 1.82) is 0 Å². The average molecular weight is 598 g/mol. The number of hydrogen-bond acceptors (Lipinski definition) is 10. The van der Waals surface area contributed by atoms with E-state index in [1.807, 2.05) is 26.8 Å². The number of carbonyl (C=O) groups excluding carboxylic acids is 1. The Balaban J connectivity index is 2.19. The van der Waals surface area contributed by atoms with E-state index in [9.17, 15) is 13.2 Å². The van der Waals surface area contributed by atoms with E-state index >= 15 is 0 Å². The van der Waals surface area contributed by atoms with Crippen LogP contribution in [0.1, 0.15) is 33.3 Å². The molecule has 0 aliphatic heterocycles. The smallest absolute Gasteiger partial charge is 0.243 e. The number of anilines is 1. The largest absolute Gasteiger partial charge is 0.494 e. The third-order valence-corrected chi connectivity index (χ3v) is 7.60. The molecule has 0 saturated heterocycles. The van der Waals surface area contributed by atoms with Crippen molar-refractivity contribution in [3.63, 3.8) is 0 Å². The Morgan fingerprint density at radius 1 is 1.14 bits per heavy atom. The third-order valence-electron chi connectivity index (χ3n) is 5.91. The number of sulfonamides is 1. The van der Waals surface area contributed by atoms with Crippen LogP contribution in [0.3, 0.4) is 0 Å². The highest BCUT2D eigenvalue weighted by molar-refractivity contribution is 7.93. The highest BCUT2D eigenvalue weighted by atomic mass is 32.2. The lowest BCUT2D eigenvalue weighted by Gasteiger charge is -2.24. The third kappa shape index (κ3) is 7.44. The number of benzene rings is 1. The van der Waals surface area contributed by atoms with Crippen LogP contribution < -0.4 is 14.2 Å². The molecule has 0 fully saturated rings. The molecule has 0 aliphatic carbocycles. The van der Waals surface area contributed by atoms with E-state index in [0.717, 1.165) is 11.1 Å². The number of amidine groups is 1. The maximum Gasteiger partial charge on any atom is 0.243 e. The molecule has 1 N–H and O–H groups in total. The van der Waals surface area contributed by atoms with Crippen molar-refractivity contribution in [2.24, 2.45) is 9.98 Å². The topological polar surface area (TPSA) is 159 Å². The first-order chi connectivity index (χ1) is 19.9. The van der Waals surface area contributed by atoms with Gasteiger partial charge in [-0.3, -0.25) is 19.1 Å². The monoisotopic (exact) mass is 597 g/mol. The van der Waals surface area contributed by atoms with E-state index in [2.05, 4.69) is 36.6 Å². The minimum atomic E-state index is -4.30. The van der Waals surface area contributed by atoms with Gasteiger partial charge in [-0.05, 0) is 65.1 Å². The molecule has 3 rings (SSSR count). The van der Waals surface area contributed by atoms with Crippen molar-refractivity contribution in [3.8, 4) is 28.6 Å². The van der Waals surface area contributed by atoms with E-state index in [-0.39, 0.29) is 30.0 Å². The van der Waals surface area contributed by atoms with Crippen LogP contribution in [-0.2, 0) is 19.6 Å². The predicted molar refractivity (Wildman–Crippen MR) is 161 cm³/mol. The molecule has 0 amide bonds. The lowest BCUT2D eigenvalue weighted by Crippen LogP contribution is -2.43. The molecule has 2 heterocycles. The van der Waals surface area contributed by atoms with Crippen molar-refractivity contribution < 1.29 is 27.4 Å². The molecule has 0 bridgehead atoms. The Hall–Kier alpha value is -4.43. The maximum atomic E-state index is 13.9. The molecule has 42 heavy (non-hydrogen) atoms. The minimum Gasteiger partial charge on any atom is -0.494 e. The number of Topliss-reactive ketones (excluding diaryl/α,β-unsaturated/α-hetero) is 1. The summed E-state index contributed by atoms with van der Waals surface area (Å²) in [6.07, 6.45) is 3.54. The van der Waals surface area contributed by atoms with Gasteiger partial charge in [0.25, 0.3) is 0 Å². The molecule has 224 valence electrons. The molecule has 0 radical (unpaired) electrons. The van der Waals surface area contributed by atoms with Crippen LogP contribution in [0.4, 0.5) is 5.95 Å². The van der Waals surface area contributed by atoms with E-state index in [0.29, 0.717) is 22.7 Å². The zero-order valence-electron chi connectivity index (χ0n) is 24.7. The zero-order chi connectivity index (χ0) is 31.0. The van der Waals surface area contributed by atoms with Crippen molar-refractivity contribution >= 4 is 34.3 Å². The summed E-state index contributed by atoms with van der Waals surface area (Å²) in [5, 5.41) is 7.18. The fraction of sp³-hybridized carbons (Fsp3) is 0.357. The molecule has 14 heteroatoms. The summed E-state index contributed by atoms with van der Waals surface area (Å²) in [4.78, 5) is 24.1. The highest BCUT2D eigenvalue weighted by Gasteiger charge is 2.36. The number of ether oxygens (including phenoxy) is 3. The number of nitrogens with one attached hydrogen (secondary N) is 1. The number of hydrogen-bond donors (Lipinski definition) is 1. The van der Waals surface area contributed by atoms with Gasteiger partial charge in [0.05, 0.1) is 14.2 Å². The molecule has 3 aromatic rings. The average Bonchev–Trinajstić information content (AvgIpc) is 3.35. The van der Waals surface area contributed by atoms with E-state index < -0.39 is 21.4 Å². The number of ketones is 1. The van der Waals surface area contributed by atoms with Crippen LogP contribution in [0.2, 0.25) is 0 Å². The number of methoxy groups -OCH3 is 2. The fourth-order valence-electron chi connectivity index (χ4n) is 3.89. The molecule has 0 unspecified atom stereocenters. The minimum absolute atomic E-state index is 0.00489. The number of para-hydroxylation sites is 1. The van der Waals surface area contributed by atoms with Gasteiger partial charge in [0.2, 0.25) is 16.0 Å². The predicted octanol–water partition coefficient (Wildman–Crippen LogP) is 3.78. The quantitative estimate of drug-likeness (QED) is 0.228. The Morgan fingerprint density at radius 2 is 1.81 bits per heavy atom. The molecule has 0 spiro atoms. The summed E-state index contributed by atoms with van der Waals surface area (Å²) < 4.78 is 48.7. The molecular formula is C28H35N7O6S. The maximum absolute atomic E-state index is 13.9. The van der Waals surface area contributed by atoms with Crippen LogP contribution in [-0.4, -0.2) is 78.7 Å². The van der Waals surface area contributed by atoms with Gasteiger partial charge in [-0.25, -0.2) is 18.4 Å². The van der Waals surface area contributed by atoms with Gasteiger partial charge in [0.1, 0.15) is 35.1 Å². The molecular weight excluding hydrogens is 562 g/mol. The number of aromatic nitrogens is 4. The second-order valence-electron chi connectivity index (χ2n) is 9.58. The van der Waals surface area contributed by atoms with Crippen LogP contribution in [0.5, 0.6) is 11.5 Å². The number of pyridine rings is 1. The second kappa shape index (κ2) is 14.0. The first-order valence-electron chi connectivity index (χ1n) is 12.8. The molecule has 1 aromatic carbocycles. The Kier molecular flexibility index (Phi) is 10.7. The SMILES string of the molecule is C=N/C(=N\C=C(C)C)[C@@H](OCC(C)=O)[C@H](C)S(=O)(=O)Nc1nnc(-c2cncc(C)c2)n1-c1c(OC)cccc1OC.